The van der Waals surface area contributed by atoms with Gasteiger partial charge in [-0.2, -0.15) is 0 Å². The summed E-state index contributed by atoms with van der Waals surface area (Å²) in [5, 5.41) is 0. The van der Waals surface area contributed by atoms with E-state index in [2.05, 4.69) is 6.92 Å². The molecular formula is C25H29NO4S2. The highest BCUT2D eigenvalue weighted by Gasteiger charge is 2.37. The van der Waals surface area contributed by atoms with Gasteiger partial charge in [-0.05, 0) is 42.3 Å². The van der Waals surface area contributed by atoms with Crippen LogP contribution in [-0.4, -0.2) is 40.7 Å². The van der Waals surface area contributed by atoms with Crippen molar-refractivity contribution in [2.75, 3.05) is 13.4 Å². The van der Waals surface area contributed by atoms with Crippen molar-refractivity contribution in [3.05, 3.63) is 58.7 Å². The first kappa shape index (κ1) is 23.2. The molecule has 0 unspecified atom stereocenters. The molecule has 0 saturated carbocycles. The molecule has 7 heteroatoms. The number of carbonyl (C=O) groups is 1. The summed E-state index contributed by atoms with van der Waals surface area (Å²) in [5.41, 5.74) is 1.68. The van der Waals surface area contributed by atoms with Gasteiger partial charge in [-0.15, -0.1) is 0 Å². The van der Waals surface area contributed by atoms with Crippen LogP contribution in [0.4, 0.5) is 0 Å². The maximum atomic E-state index is 13.0. The summed E-state index contributed by atoms with van der Waals surface area (Å²) in [6.07, 6.45) is 14.8. The third-order valence-electron chi connectivity index (χ3n) is 5.63. The van der Waals surface area contributed by atoms with Crippen LogP contribution in [0.3, 0.4) is 0 Å². The normalized spacial score (nSPS) is 23.7. The van der Waals surface area contributed by atoms with Crippen LogP contribution in [0.5, 0.6) is 5.75 Å². The Morgan fingerprint density at radius 1 is 1.12 bits per heavy atom. The molecule has 0 N–H and O–H groups in total. The zero-order chi connectivity index (χ0) is 22.3. The van der Waals surface area contributed by atoms with E-state index in [9.17, 15) is 4.79 Å². The molecule has 2 atom stereocenters. The second-order valence-corrected chi connectivity index (χ2v) is 9.71. The number of unbranched alkanes of at least 4 members (excludes halogenated alkanes) is 5. The lowest BCUT2D eigenvalue weighted by atomic mass is 10.1. The van der Waals surface area contributed by atoms with Crippen LogP contribution in [0, 0.1) is 0 Å². The van der Waals surface area contributed by atoms with E-state index >= 15 is 0 Å². The van der Waals surface area contributed by atoms with Crippen molar-refractivity contribution in [3.63, 3.8) is 0 Å². The number of ether oxygens (including phenoxy) is 3. The number of hydrogen-bond donors (Lipinski definition) is 0. The molecule has 1 aromatic carbocycles. The van der Waals surface area contributed by atoms with E-state index in [1.807, 2.05) is 48.6 Å². The predicted molar refractivity (Wildman–Crippen MR) is 132 cm³/mol. The Morgan fingerprint density at radius 3 is 2.69 bits per heavy atom. The minimum atomic E-state index is -0.174. The number of nitrogens with zero attached hydrogens (tertiary/aromatic N) is 1. The van der Waals surface area contributed by atoms with Crippen molar-refractivity contribution in [2.24, 2.45) is 0 Å². The quantitative estimate of drug-likeness (QED) is 0.243. The lowest BCUT2D eigenvalue weighted by Crippen LogP contribution is -2.31. The van der Waals surface area contributed by atoms with Crippen LogP contribution in [0.1, 0.15) is 51.0 Å². The highest BCUT2D eigenvalue weighted by molar-refractivity contribution is 8.26. The van der Waals surface area contributed by atoms with Gasteiger partial charge in [0.1, 0.15) is 24.8 Å². The predicted octanol–water partition coefficient (Wildman–Crippen LogP) is 5.82. The molecule has 2 aliphatic heterocycles. The fourth-order valence-electron chi connectivity index (χ4n) is 3.83. The third-order valence-corrected chi connectivity index (χ3v) is 6.94. The summed E-state index contributed by atoms with van der Waals surface area (Å²) in [7, 11) is 0. The Labute approximate surface area is 199 Å². The number of amides is 1. The molecule has 0 bridgehead atoms. The average molecular weight is 472 g/mol. The summed E-state index contributed by atoms with van der Waals surface area (Å²) in [4.78, 5) is 15.2. The van der Waals surface area contributed by atoms with E-state index in [4.69, 9.17) is 26.4 Å². The molecule has 5 nitrogen and oxygen atoms in total. The summed E-state index contributed by atoms with van der Waals surface area (Å²) in [6, 6.07) is 7.84. The van der Waals surface area contributed by atoms with Gasteiger partial charge >= 0.3 is 0 Å². The standard InChI is InChI=1S/C25H29NO4S2/c1-2-3-4-5-6-7-14-28-20-11-8-18(9-12-20)15-23-24(27)26(25(31)32-23)19-10-13-21-22(16-19)30-17-29-21/h8-13,15-16,21-22H,2-7,14,17H2,1H3/b23-15-/t21-,22-/m1/s1. The lowest BCUT2D eigenvalue weighted by molar-refractivity contribution is -0.120. The topological polar surface area (TPSA) is 48.0 Å². The highest BCUT2D eigenvalue weighted by Crippen LogP contribution is 2.37. The van der Waals surface area contributed by atoms with Gasteiger partial charge in [0.2, 0.25) is 0 Å². The molecule has 0 radical (unpaired) electrons. The zero-order valence-corrected chi connectivity index (χ0v) is 20.0. The van der Waals surface area contributed by atoms with Crippen LogP contribution in [0.25, 0.3) is 6.08 Å². The Hall–Kier alpha value is -1.93. The van der Waals surface area contributed by atoms with E-state index in [1.54, 1.807) is 4.90 Å². The SMILES string of the molecule is CCCCCCCCOc1ccc(/C=C2\SC(=S)N(C3=C[C@H]4OCO[C@@H]4C=C3)C2=O)cc1. The van der Waals surface area contributed by atoms with Crippen LogP contribution < -0.4 is 4.74 Å². The van der Waals surface area contributed by atoms with E-state index in [-0.39, 0.29) is 24.9 Å². The van der Waals surface area contributed by atoms with Gasteiger partial charge in [-0.1, -0.05) is 81.2 Å². The minimum Gasteiger partial charge on any atom is -0.494 e. The molecule has 170 valence electrons. The van der Waals surface area contributed by atoms with Crippen molar-refractivity contribution >= 4 is 40.3 Å². The van der Waals surface area contributed by atoms with Crippen molar-refractivity contribution in [2.45, 2.75) is 57.7 Å². The third kappa shape index (κ3) is 5.70. The van der Waals surface area contributed by atoms with Crippen LogP contribution in [0.15, 0.2) is 53.1 Å². The fraction of sp³-hybridized carbons (Fsp3) is 0.440. The number of fused-ring (bicyclic) bond motifs is 1. The molecule has 2 heterocycles. The molecule has 1 aliphatic carbocycles. The maximum absolute atomic E-state index is 13.0. The number of allylic oxidation sites excluding steroid dienone is 1. The van der Waals surface area contributed by atoms with Gasteiger partial charge in [-0.25, -0.2) is 0 Å². The van der Waals surface area contributed by atoms with Crippen LogP contribution in [0.2, 0.25) is 0 Å². The molecule has 32 heavy (non-hydrogen) atoms. The Kier molecular flexibility index (Phi) is 8.19. The molecule has 3 aliphatic rings. The Morgan fingerprint density at radius 2 is 1.88 bits per heavy atom. The molecule has 0 aromatic heterocycles. The van der Waals surface area contributed by atoms with Gasteiger partial charge in [-0.3, -0.25) is 9.69 Å². The molecule has 2 fully saturated rings. The van der Waals surface area contributed by atoms with E-state index in [1.165, 1.54) is 43.9 Å². The summed E-state index contributed by atoms with van der Waals surface area (Å²) < 4.78 is 17.4. The largest absolute Gasteiger partial charge is 0.494 e. The van der Waals surface area contributed by atoms with E-state index in [0.29, 0.717) is 9.23 Å². The molecule has 1 amide bonds. The molecule has 1 aromatic rings. The van der Waals surface area contributed by atoms with E-state index < -0.39 is 0 Å². The summed E-state index contributed by atoms with van der Waals surface area (Å²) in [6.45, 7) is 3.24. The first-order valence-corrected chi connectivity index (χ1v) is 12.5. The fourth-order valence-corrected chi connectivity index (χ4v) is 5.13. The number of hydrogen-bond acceptors (Lipinski definition) is 6. The van der Waals surface area contributed by atoms with Gasteiger partial charge in [0.15, 0.2) is 4.32 Å². The molecule has 0 spiro atoms. The monoisotopic (exact) mass is 471 g/mol. The van der Waals surface area contributed by atoms with Crippen LogP contribution >= 0.6 is 24.0 Å². The van der Waals surface area contributed by atoms with Crippen molar-refractivity contribution in [1.82, 2.24) is 4.90 Å². The number of thioether (sulfide) groups is 1. The number of carbonyl (C=O) groups excluding carboxylic acids is 1. The summed E-state index contributed by atoms with van der Waals surface area (Å²) >= 11 is 6.80. The number of benzene rings is 1. The highest BCUT2D eigenvalue weighted by atomic mass is 32.2. The Bertz CT molecular complexity index is 922. The molecular weight excluding hydrogens is 442 g/mol. The lowest BCUT2D eigenvalue weighted by Gasteiger charge is -2.22. The van der Waals surface area contributed by atoms with Gasteiger partial charge in [0.25, 0.3) is 5.91 Å². The smallest absolute Gasteiger partial charge is 0.270 e. The van der Waals surface area contributed by atoms with Crippen molar-refractivity contribution in [3.8, 4) is 5.75 Å². The first-order valence-electron chi connectivity index (χ1n) is 11.3. The number of rotatable bonds is 10. The number of thiocarbonyl (C=S) groups is 1. The van der Waals surface area contributed by atoms with Crippen molar-refractivity contribution in [1.29, 1.82) is 0 Å². The maximum Gasteiger partial charge on any atom is 0.270 e. The minimum absolute atomic E-state index is 0.0884. The summed E-state index contributed by atoms with van der Waals surface area (Å²) in [5.74, 6) is 0.741. The van der Waals surface area contributed by atoms with Gasteiger partial charge in [0, 0.05) is 5.70 Å². The second kappa shape index (κ2) is 11.3. The zero-order valence-electron chi connectivity index (χ0n) is 18.3. The second-order valence-electron chi connectivity index (χ2n) is 8.03. The molecule has 2 saturated heterocycles. The van der Waals surface area contributed by atoms with Crippen LogP contribution in [-0.2, 0) is 14.3 Å². The Balaban J connectivity index is 1.31. The average Bonchev–Trinajstić information content (AvgIpc) is 3.37. The van der Waals surface area contributed by atoms with Crippen molar-refractivity contribution < 1.29 is 19.0 Å². The van der Waals surface area contributed by atoms with E-state index in [0.717, 1.165) is 30.0 Å². The van der Waals surface area contributed by atoms with Gasteiger partial charge in [0.05, 0.1) is 11.5 Å². The van der Waals surface area contributed by atoms with Gasteiger partial charge < -0.3 is 14.2 Å². The first-order chi connectivity index (χ1) is 15.7. The molecule has 4 rings (SSSR count).